The van der Waals surface area contributed by atoms with Gasteiger partial charge >= 0.3 is 0 Å². The van der Waals surface area contributed by atoms with Crippen molar-refractivity contribution in [1.82, 2.24) is 9.55 Å². The number of imidazole rings is 1. The molecule has 26 heavy (non-hydrogen) atoms. The number of rotatable bonds is 9. The smallest absolute Gasteiger partial charge is 0.237 e. The highest BCUT2D eigenvalue weighted by Gasteiger charge is 2.19. The zero-order valence-electron chi connectivity index (χ0n) is 16.3. The lowest BCUT2D eigenvalue weighted by Crippen LogP contribution is -2.23. The van der Waals surface area contributed by atoms with Crippen LogP contribution in [0.3, 0.4) is 0 Å². The summed E-state index contributed by atoms with van der Waals surface area (Å²) in [7, 11) is 0. The van der Waals surface area contributed by atoms with Crippen molar-refractivity contribution in [2.45, 2.75) is 64.4 Å². The van der Waals surface area contributed by atoms with E-state index in [0.717, 1.165) is 41.7 Å². The molecule has 1 aromatic heterocycles. The lowest BCUT2D eigenvalue weighted by atomic mass is 10.3. The molecule has 0 saturated heterocycles. The van der Waals surface area contributed by atoms with Crippen molar-refractivity contribution < 1.29 is 9.53 Å². The molecule has 2 aromatic rings. The van der Waals surface area contributed by atoms with Gasteiger partial charge in [-0.3, -0.25) is 4.79 Å². The largest absolute Gasteiger partial charge is 0.494 e. The second kappa shape index (κ2) is 9.67. The molecule has 0 bridgehead atoms. The molecule has 1 unspecified atom stereocenters. The maximum absolute atomic E-state index is 12.5. The Labute approximate surface area is 160 Å². The molecule has 0 saturated carbocycles. The van der Waals surface area contributed by atoms with E-state index < -0.39 is 0 Å². The van der Waals surface area contributed by atoms with Gasteiger partial charge in [0.05, 0.1) is 17.6 Å². The average molecular weight is 376 g/mol. The van der Waals surface area contributed by atoms with Crippen molar-refractivity contribution in [1.29, 1.82) is 0 Å². The number of ether oxygens (including phenoxy) is 1. The molecular weight excluding hydrogens is 346 g/mol. The summed E-state index contributed by atoms with van der Waals surface area (Å²) in [6, 6.07) is 7.44. The second-order valence-corrected chi connectivity index (χ2v) is 7.59. The van der Waals surface area contributed by atoms with Crippen molar-refractivity contribution in [3.63, 3.8) is 0 Å². The maximum Gasteiger partial charge on any atom is 0.237 e. The Hall–Kier alpha value is -1.95. The molecule has 1 atom stereocenters. The first-order valence-corrected chi connectivity index (χ1v) is 10.1. The number of nitrogens with one attached hydrogen (secondary N) is 1. The summed E-state index contributed by atoms with van der Waals surface area (Å²) in [4.78, 5) is 17.2. The molecule has 1 amide bonds. The summed E-state index contributed by atoms with van der Waals surface area (Å²) in [6.45, 7) is 11.7. The Morgan fingerprint density at radius 1 is 1.27 bits per heavy atom. The SMILES string of the molecule is CCCCn1c(SC(C)C(=O)Nc2ccc(OCC)cc2)nc(C)c1C. The van der Waals surface area contributed by atoms with Crippen LogP contribution in [0.15, 0.2) is 29.4 Å². The number of carbonyl (C=O) groups excluding carboxylic acids is 1. The van der Waals surface area contributed by atoms with Crippen LogP contribution in [0.4, 0.5) is 5.69 Å². The zero-order chi connectivity index (χ0) is 19.1. The summed E-state index contributed by atoms with van der Waals surface area (Å²) >= 11 is 1.51. The van der Waals surface area contributed by atoms with Gasteiger partial charge < -0.3 is 14.6 Å². The minimum absolute atomic E-state index is 0.0282. The molecule has 0 radical (unpaired) electrons. The molecule has 0 spiro atoms. The number of benzene rings is 1. The van der Waals surface area contributed by atoms with Gasteiger partial charge in [0.25, 0.3) is 0 Å². The van der Waals surface area contributed by atoms with Gasteiger partial charge in [-0.2, -0.15) is 0 Å². The van der Waals surface area contributed by atoms with Crippen molar-refractivity contribution in [2.24, 2.45) is 0 Å². The third kappa shape index (κ3) is 5.27. The fraction of sp³-hybridized carbons (Fsp3) is 0.500. The number of unbranched alkanes of at least 4 members (excludes halogenated alkanes) is 1. The van der Waals surface area contributed by atoms with E-state index in [1.807, 2.05) is 45.0 Å². The molecule has 0 fully saturated rings. The molecule has 5 nitrogen and oxygen atoms in total. The molecule has 0 aliphatic carbocycles. The number of carbonyl (C=O) groups is 1. The Bertz CT molecular complexity index is 725. The third-order valence-electron chi connectivity index (χ3n) is 4.24. The molecular formula is C20H29N3O2S. The van der Waals surface area contributed by atoms with Crippen LogP contribution in [-0.2, 0) is 11.3 Å². The Morgan fingerprint density at radius 2 is 1.96 bits per heavy atom. The molecule has 1 N–H and O–H groups in total. The van der Waals surface area contributed by atoms with Gasteiger partial charge in [0.1, 0.15) is 5.75 Å². The molecule has 0 aliphatic rings. The number of hydrogen-bond acceptors (Lipinski definition) is 4. The van der Waals surface area contributed by atoms with Crippen molar-refractivity contribution >= 4 is 23.4 Å². The summed E-state index contributed by atoms with van der Waals surface area (Å²) < 4.78 is 7.65. The number of thioether (sulfide) groups is 1. The standard InChI is InChI=1S/C20H29N3O2S/c1-6-8-13-23-15(4)14(3)21-20(23)26-16(5)19(24)22-17-9-11-18(12-10-17)25-7-2/h9-12,16H,6-8,13H2,1-5H3,(H,22,24). The molecule has 142 valence electrons. The number of aryl methyl sites for hydroxylation is 1. The van der Waals surface area contributed by atoms with Crippen molar-refractivity contribution in [3.8, 4) is 5.75 Å². The van der Waals surface area contributed by atoms with Crippen LogP contribution < -0.4 is 10.1 Å². The summed E-state index contributed by atoms with van der Waals surface area (Å²) in [5, 5.41) is 3.65. The highest BCUT2D eigenvalue weighted by atomic mass is 32.2. The highest BCUT2D eigenvalue weighted by molar-refractivity contribution is 8.00. The van der Waals surface area contributed by atoms with Gasteiger partial charge in [-0.15, -0.1) is 0 Å². The van der Waals surface area contributed by atoms with E-state index >= 15 is 0 Å². The van der Waals surface area contributed by atoms with Crippen LogP contribution in [0.2, 0.25) is 0 Å². The van der Waals surface area contributed by atoms with Gasteiger partial charge in [0.2, 0.25) is 5.91 Å². The predicted octanol–water partition coefficient (Wildman–Crippen LogP) is 4.82. The van der Waals surface area contributed by atoms with E-state index in [4.69, 9.17) is 4.74 Å². The van der Waals surface area contributed by atoms with Crippen LogP contribution in [0.25, 0.3) is 0 Å². The van der Waals surface area contributed by atoms with Gasteiger partial charge in [0, 0.05) is 17.9 Å². The normalized spacial score (nSPS) is 12.0. The van der Waals surface area contributed by atoms with E-state index in [2.05, 4.69) is 28.7 Å². The highest BCUT2D eigenvalue weighted by Crippen LogP contribution is 2.27. The minimum Gasteiger partial charge on any atom is -0.494 e. The average Bonchev–Trinajstić information content (AvgIpc) is 2.88. The molecule has 1 heterocycles. The first-order chi connectivity index (χ1) is 12.5. The van der Waals surface area contributed by atoms with Gasteiger partial charge in [0.15, 0.2) is 5.16 Å². The predicted molar refractivity (Wildman–Crippen MR) is 108 cm³/mol. The van der Waals surface area contributed by atoms with Gasteiger partial charge in [-0.05, 0) is 58.4 Å². The topological polar surface area (TPSA) is 56.2 Å². The molecule has 0 aliphatic heterocycles. The fourth-order valence-electron chi connectivity index (χ4n) is 2.55. The van der Waals surface area contributed by atoms with Crippen LogP contribution >= 0.6 is 11.8 Å². The van der Waals surface area contributed by atoms with Gasteiger partial charge in [-0.25, -0.2) is 4.98 Å². The van der Waals surface area contributed by atoms with Crippen LogP contribution in [0, 0.1) is 13.8 Å². The van der Waals surface area contributed by atoms with E-state index in [0.29, 0.717) is 6.61 Å². The first kappa shape index (κ1) is 20.4. The second-order valence-electron chi connectivity index (χ2n) is 6.28. The number of nitrogens with zero attached hydrogens (tertiary/aromatic N) is 2. The van der Waals surface area contributed by atoms with Crippen molar-refractivity contribution in [3.05, 3.63) is 35.7 Å². The summed E-state index contributed by atoms with van der Waals surface area (Å²) in [5.41, 5.74) is 2.98. The van der Waals surface area contributed by atoms with Crippen LogP contribution in [0.1, 0.15) is 45.0 Å². The van der Waals surface area contributed by atoms with Crippen molar-refractivity contribution in [2.75, 3.05) is 11.9 Å². The minimum atomic E-state index is -0.233. The maximum atomic E-state index is 12.5. The number of aromatic nitrogens is 2. The number of anilines is 1. The quantitative estimate of drug-likeness (QED) is 0.639. The zero-order valence-corrected chi connectivity index (χ0v) is 17.2. The van der Waals surface area contributed by atoms with E-state index in [-0.39, 0.29) is 11.2 Å². The van der Waals surface area contributed by atoms with E-state index in [9.17, 15) is 4.79 Å². The van der Waals surface area contributed by atoms with E-state index in [1.165, 1.54) is 17.5 Å². The van der Waals surface area contributed by atoms with Crippen LogP contribution in [0.5, 0.6) is 5.75 Å². The molecule has 6 heteroatoms. The molecule has 1 aromatic carbocycles. The van der Waals surface area contributed by atoms with Crippen LogP contribution in [-0.4, -0.2) is 27.3 Å². The Kier molecular flexibility index (Phi) is 7.57. The monoisotopic (exact) mass is 375 g/mol. The summed E-state index contributed by atoms with van der Waals surface area (Å²) in [5.74, 6) is 0.774. The lowest BCUT2D eigenvalue weighted by Gasteiger charge is -2.14. The lowest BCUT2D eigenvalue weighted by molar-refractivity contribution is -0.115. The number of hydrogen-bond donors (Lipinski definition) is 1. The Balaban J connectivity index is 2.01. The van der Waals surface area contributed by atoms with Gasteiger partial charge in [-0.1, -0.05) is 25.1 Å². The summed E-state index contributed by atoms with van der Waals surface area (Å²) in [6.07, 6.45) is 2.24. The van der Waals surface area contributed by atoms with E-state index in [1.54, 1.807) is 0 Å². The first-order valence-electron chi connectivity index (χ1n) is 9.20. The number of amides is 1. The fourth-order valence-corrected chi connectivity index (χ4v) is 3.58. The third-order valence-corrected chi connectivity index (χ3v) is 5.33. The molecule has 2 rings (SSSR count). The Morgan fingerprint density at radius 3 is 2.58 bits per heavy atom.